The number of aryl methyl sites for hydroxylation is 1. The average Bonchev–Trinajstić information content (AvgIpc) is 2.84. The van der Waals surface area contributed by atoms with E-state index >= 15 is 0 Å². The molecule has 0 aliphatic heterocycles. The fourth-order valence-corrected chi connectivity index (χ4v) is 1.83. The lowest BCUT2D eigenvalue weighted by Crippen LogP contribution is -1.95. The molecule has 96 valence electrons. The Morgan fingerprint density at radius 2 is 2.17 bits per heavy atom. The fourth-order valence-electron chi connectivity index (χ4n) is 1.70. The zero-order valence-electron chi connectivity index (χ0n) is 10.2. The first-order valence-electron chi connectivity index (χ1n) is 5.83. The summed E-state index contributed by atoms with van der Waals surface area (Å²) in [5, 5.41) is 3.96. The van der Waals surface area contributed by atoms with Gasteiger partial charge in [0.2, 0.25) is 5.89 Å². The van der Waals surface area contributed by atoms with Gasteiger partial charge in [-0.3, -0.25) is 0 Å². The quantitative estimate of drug-likeness (QED) is 0.755. The van der Waals surface area contributed by atoms with Gasteiger partial charge in [-0.25, -0.2) is 0 Å². The van der Waals surface area contributed by atoms with Gasteiger partial charge in [-0.05, 0) is 12.5 Å². The Morgan fingerprint density at radius 3 is 2.94 bits per heavy atom. The molecule has 1 aromatic carbocycles. The molecule has 1 aromatic heterocycles. The van der Waals surface area contributed by atoms with Crippen LogP contribution in [0.1, 0.15) is 23.7 Å². The van der Waals surface area contributed by atoms with E-state index in [4.69, 9.17) is 20.9 Å². The van der Waals surface area contributed by atoms with Crippen molar-refractivity contribution in [3.8, 4) is 5.75 Å². The maximum atomic E-state index is 5.62. The summed E-state index contributed by atoms with van der Waals surface area (Å²) in [6.07, 6.45) is 2.18. The number of ether oxygens (including phenoxy) is 1. The number of methoxy groups -OCH3 is 1. The van der Waals surface area contributed by atoms with Gasteiger partial charge in [0.1, 0.15) is 5.75 Å². The van der Waals surface area contributed by atoms with E-state index in [2.05, 4.69) is 10.1 Å². The van der Waals surface area contributed by atoms with Gasteiger partial charge < -0.3 is 9.26 Å². The molecule has 0 N–H and O–H groups in total. The first kappa shape index (κ1) is 12.9. The summed E-state index contributed by atoms with van der Waals surface area (Å²) >= 11 is 5.62. The third kappa shape index (κ3) is 3.23. The molecule has 0 spiro atoms. The lowest BCUT2D eigenvalue weighted by Gasteiger charge is -2.04. The lowest BCUT2D eigenvalue weighted by molar-refractivity contribution is 0.372. The number of aromatic nitrogens is 2. The molecule has 18 heavy (non-hydrogen) atoms. The Morgan fingerprint density at radius 1 is 1.33 bits per heavy atom. The molecule has 0 aliphatic rings. The second-order valence-electron chi connectivity index (χ2n) is 3.89. The summed E-state index contributed by atoms with van der Waals surface area (Å²) in [6.45, 7) is 0. The Labute approximate surface area is 111 Å². The van der Waals surface area contributed by atoms with E-state index in [1.807, 2.05) is 24.3 Å². The number of rotatable bonds is 6. The summed E-state index contributed by atoms with van der Waals surface area (Å²) in [5.41, 5.74) is 1.05. The third-order valence-electron chi connectivity index (χ3n) is 2.58. The molecule has 2 aromatic rings. The monoisotopic (exact) mass is 266 g/mol. The Hall–Kier alpha value is -1.55. The van der Waals surface area contributed by atoms with Gasteiger partial charge in [0.15, 0.2) is 5.82 Å². The summed E-state index contributed by atoms with van der Waals surface area (Å²) in [4.78, 5) is 4.33. The van der Waals surface area contributed by atoms with Crippen LogP contribution in [-0.2, 0) is 12.8 Å². The van der Waals surface area contributed by atoms with Gasteiger partial charge in [-0.15, -0.1) is 11.6 Å². The first-order valence-corrected chi connectivity index (χ1v) is 6.36. The van der Waals surface area contributed by atoms with Crippen molar-refractivity contribution in [1.82, 2.24) is 10.1 Å². The van der Waals surface area contributed by atoms with Crippen molar-refractivity contribution < 1.29 is 9.26 Å². The Kier molecular flexibility index (Phi) is 4.59. The number of hydrogen-bond acceptors (Lipinski definition) is 4. The van der Waals surface area contributed by atoms with Gasteiger partial charge in [-0.2, -0.15) is 4.98 Å². The van der Waals surface area contributed by atoms with Crippen molar-refractivity contribution in [3.63, 3.8) is 0 Å². The van der Waals surface area contributed by atoms with E-state index in [1.165, 1.54) is 0 Å². The van der Waals surface area contributed by atoms with E-state index in [0.717, 1.165) is 24.2 Å². The summed E-state index contributed by atoms with van der Waals surface area (Å²) in [7, 11) is 1.65. The largest absolute Gasteiger partial charge is 0.496 e. The van der Waals surface area contributed by atoms with Crippen LogP contribution in [0.2, 0.25) is 0 Å². The minimum Gasteiger partial charge on any atom is -0.496 e. The topological polar surface area (TPSA) is 48.2 Å². The molecule has 2 rings (SSSR count). The van der Waals surface area contributed by atoms with Crippen LogP contribution in [0.15, 0.2) is 28.8 Å². The van der Waals surface area contributed by atoms with Crippen LogP contribution in [-0.4, -0.2) is 23.1 Å². The lowest BCUT2D eigenvalue weighted by atomic mass is 10.1. The van der Waals surface area contributed by atoms with E-state index in [1.54, 1.807) is 7.11 Å². The van der Waals surface area contributed by atoms with Crippen LogP contribution in [0.4, 0.5) is 0 Å². The molecule has 4 nitrogen and oxygen atoms in total. The highest BCUT2D eigenvalue weighted by atomic mass is 35.5. The molecular formula is C13H15ClN2O2. The Balaban J connectivity index is 2.06. The van der Waals surface area contributed by atoms with Crippen LogP contribution in [0.3, 0.4) is 0 Å². The predicted octanol–water partition coefficient (Wildman–Crippen LogP) is 2.84. The van der Waals surface area contributed by atoms with Crippen molar-refractivity contribution in [2.75, 3.05) is 13.0 Å². The smallest absolute Gasteiger partial charge is 0.226 e. The van der Waals surface area contributed by atoms with Crippen LogP contribution in [0.5, 0.6) is 5.75 Å². The van der Waals surface area contributed by atoms with Crippen molar-refractivity contribution in [1.29, 1.82) is 0 Å². The first-order chi connectivity index (χ1) is 8.83. The van der Waals surface area contributed by atoms with Gasteiger partial charge in [0.25, 0.3) is 0 Å². The van der Waals surface area contributed by atoms with Crippen LogP contribution in [0, 0.1) is 0 Å². The van der Waals surface area contributed by atoms with Crippen LogP contribution >= 0.6 is 11.6 Å². The molecule has 0 unspecified atom stereocenters. The third-order valence-corrected chi connectivity index (χ3v) is 2.84. The minimum atomic E-state index is 0.601. The summed E-state index contributed by atoms with van der Waals surface area (Å²) in [5.74, 6) is 2.75. The molecule has 0 radical (unpaired) electrons. The maximum absolute atomic E-state index is 5.62. The van der Waals surface area contributed by atoms with Gasteiger partial charge in [-0.1, -0.05) is 23.4 Å². The number of halogens is 1. The molecule has 0 saturated heterocycles. The number of hydrogen-bond donors (Lipinski definition) is 0. The van der Waals surface area contributed by atoms with Gasteiger partial charge in [0, 0.05) is 24.3 Å². The van der Waals surface area contributed by atoms with Crippen molar-refractivity contribution in [2.24, 2.45) is 0 Å². The fraction of sp³-hybridized carbons (Fsp3) is 0.385. The highest BCUT2D eigenvalue weighted by Crippen LogP contribution is 2.19. The second kappa shape index (κ2) is 6.40. The van der Waals surface area contributed by atoms with E-state index in [-0.39, 0.29) is 0 Å². The van der Waals surface area contributed by atoms with Crippen LogP contribution < -0.4 is 4.74 Å². The SMILES string of the molecule is COc1ccccc1Cc1noc(CCCCl)n1. The standard InChI is InChI=1S/C13H15ClN2O2/c1-17-11-6-3-2-5-10(11)9-12-15-13(18-16-12)7-4-8-14/h2-3,5-6H,4,7-9H2,1H3. The zero-order valence-corrected chi connectivity index (χ0v) is 11.0. The maximum Gasteiger partial charge on any atom is 0.226 e. The highest BCUT2D eigenvalue weighted by molar-refractivity contribution is 6.17. The predicted molar refractivity (Wildman–Crippen MR) is 69.1 cm³/mol. The Bertz CT molecular complexity index is 499. The number of alkyl halides is 1. The molecular weight excluding hydrogens is 252 g/mol. The molecule has 0 fully saturated rings. The van der Waals surface area contributed by atoms with Gasteiger partial charge >= 0.3 is 0 Å². The number of benzene rings is 1. The molecule has 5 heteroatoms. The van der Waals surface area contributed by atoms with E-state index in [9.17, 15) is 0 Å². The normalized spacial score (nSPS) is 10.6. The molecule has 0 amide bonds. The van der Waals surface area contributed by atoms with Gasteiger partial charge in [0.05, 0.1) is 7.11 Å². The average molecular weight is 267 g/mol. The van der Waals surface area contributed by atoms with Crippen molar-refractivity contribution in [2.45, 2.75) is 19.3 Å². The van der Waals surface area contributed by atoms with Crippen molar-refractivity contribution in [3.05, 3.63) is 41.5 Å². The number of nitrogens with zero attached hydrogens (tertiary/aromatic N) is 2. The summed E-state index contributed by atoms with van der Waals surface area (Å²) in [6, 6.07) is 7.81. The zero-order chi connectivity index (χ0) is 12.8. The van der Waals surface area contributed by atoms with E-state index in [0.29, 0.717) is 24.0 Å². The molecule has 0 aliphatic carbocycles. The van der Waals surface area contributed by atoms with Crippen LogP contribution in [0.25, 0.3) is 0 Å². The van der Waals surface area contributed by atoms with Crippen molar-refractivity contribution >= 4 is 11.6 Å². The molecule has 0 saturated carbocycles. The second-order valence-corrected chi connectivity index (χ2v) is 4.26. The number of para-hydroxylation sites is 1. The molecule has 1 heterocycles. The molecule has 0 atom stereocenters. The summed E-state index contributed by atoms with van der Waals surface area (Å²) < 4.78 is 10.4. The molecule has 0 bridgehead atoms. The van der Waals surface area contributed by atoms with E-state index < -0.39 is 0 Å². The highest BCUT2D eigenvalue weighted by Gasteiger charge is 2.09. The minimum absolute atomic E-state index is 0.601.